The van der Waals surface area contributed by atoms with E-state index in [1.54, 1.807) is 33.8 Å². The molecule has 0 aromatic heterocycles. The van der Waals surface area contributed by atoms with Gasteiger partial charge in [0.05, 0.1) is 74.4 Å². The molecule has 2 saturated carbocycles. The van der Waals surface area contributed by atoms with Crippen LogP contribution in [0.4, 0.5) is 4.79 Å². The van der Waals surface area contributed by atoms with Gasteiger partial charge < -0.3 is 88.2 Å². The lowest BCUT2D eigenvalue weighted by Crippen LogP contribution is -3.17. The van der Waals surface area contributed by atoms with Crippen molar-refractivity contribution in [2.24, 2.45) is 46.8 Å². The van der Waals surface area contributed by atoms with Crippen molar-refractivity contribution in [3.63, 3.8) is 0 Å². The number of hydroxylamine groups is 2. The number of ketones is 1. The largest absolute Gasteiger partial charge is 0.600 e. The number of nitrogens with one attached hydrogen (secondary N) is 2. The van der Waals surface area contributed by atoms with E-state index in [4.69, 9.17) is 52.1 Å². The smallest absolute Gasteiger partial charge is 0.407 e. The van der Waals surface area contributed by atoms with Gasteiger partial charge in [0, 0.05) is 56.5 Å². The van der Waals surface area contributed by atoms with Gasteiger partial charge >= 0.3 is 18.0 Å². The molecule has 7 fully saturated rings. The molecule has 28 atom stereocenters. The van der Waals surface area contributed by atoms with Crippen molar-refractivity contribution < 1.29 is 107 Å². The average molecular weight is 1210 g/mol. The van der Waals surface area contributed by atoms with E-state index in [2.05, 4.69) is 25.2 Å². The Hall–Kier alpha value is -3.96. The normalized spacial score (nSPS) is 48.4. The summed E-state index contributed by atoms with van der Waals surface area (Å²) in [6.07, 6.45) is -4.42. The number of carbonyl (C=O) groups excluding carboxylic acids is 4. The topological polar surface area (TPSA) is 331 Å². The third-order valence-electron chi connectivity index (χ3n) is 20.4. The van der Waals surface area contributed by atoms with E-state index in [1.807, 2.05) is 32.9 Å². The van der Waals surface area contributed by atoms with Crippen LogP contribution in [0.25, 0.3) is 0 Å². The fourth-order valence-corrected chi connectivity index (χ4v) is 16.0. The number of carbonyl (C=O) groups is 4. The Kier molecular flexibility index (Phi) is 19.9. The number of hydrogen-bond acceptors (Lipinski definition) is 22. The molecule has 2 unspecified atom stereocenters. The molecule has 9 aliphatic rings. The highest BCUT2D eigenvalue weighted by Gasteiger charge is 2.65. The van der Waals surface area contributed by atoms with Gasteiger partial charge in [0.15, 0.2) is 42.4 Å². The van der Waals surface area contributed by atoms with Crippen LogP contribution in [0.3, 0.4) is 0 Å². The predicted octanol–water partition coefficient (Wildman–Crippen LogP) is 3.82. The minimum absolute atomic E-state index is 0.0636. The van der Waals surface area contributed by atoms with Crippen LogP contribution in [-0.4, -0.2) is 184 Å². The first-order chi connectivity index (χ1) is 40.0. The highest BCUT2D eigenvalue weighted by molar-refractivity contribution is 6.26. The lowest BCUT2D eigenvalue weighted by Gasteiger charge is -2.56. The molecule has 0 aromatic rings. The Morgan fingerprint density at radius 2 is 1.45 bits per heavy atom. The van der Waals surface area contributed by atoms with E-state index in [1.165, 1.54) is 21.0 Å². The number of rotatable bonds is 12. The summed E-state index contributed by atoms with van der Waals surface area (Å²) in [4.78, 5) is 55.4. The predicted molar refractivity (Wildman–Crippen MR) is 297 cm³/mol. The summed E-state index contributed by atoms with van der Waals surface area (Å²) >= 11 is 0. The molecule has 8 N–H and O–H groups in total. The fourth-order valence-electron chi connectivity index (χ4n) is 16.0. The number of alkyl carbamates (subject to hydrolysis) is 1. The Labute approximate surface area is 496 Å². The first-order valence-electron chi connectivity index (χ1n) is 30.4. The van der Waals surface area contributed by atoms with Crippen molar-refractivity contribution in [1.82, 2.24) is 5.32 Å². The Bertz CT molecular complexity index is 2570. The first kappa shape index (κ1) is 65.5. The molecule has 2 bridgehead atoms. The van der Waals surface area contributed by atoms with E-state index >= 15 is 4.79 Å². The van der Waals surface area contributed by atoms with Crippen molar-refractivity contribution in [3.05, 3.63) is 52.0 Å². The number of aliphatic hydroxyl groups excluding tert-OH is 5. The third-order valence-corrected chi connectivity index (χ3v) is 20.4. The summed E-state index contributed by atoms with van der Waals surface area (Å²) in [6, 6.07) is -1.01. The highest BCUT2D eigenvalue weighted by atomic mass is 16.8. The second kappa shape index (κ2) is 25.9. The zero-order chi connectivity index (χ0) is 61.9. The van der Waals surface area contributed by atoms with Gasteiger partial charge in [0.2, 0.25) is 5.78 Å². The van der Waals surface area contributed by atoms with Crippen molar-refractivity contribution >= 4 is 23.8 Å². The Balaban J connectivity index is 1.03. The first-order valence-corrected chi connectivity index (χ1v) is 30.4. The number of esters is 2. The molecule has 24 heteroatoms. The van der Waals surface area contributed by atoms with Gasteiger partial charge in [-0.15, -0.1) is 0 Å². The molecule has 1 spiro atoms. The summed E-state index contributed by atoms with van der Waals surface area (Å²) in [7, 11) is 1.18. The fraction of sp³-hybridized carbons (Fsp3) is 0.803. The molecule has 0 aromatic carbocycles. The highest BCUT2D eigenvalue weighted by Crippen LogP contribution is 2.61. The molecule has 4 aliphatic carbocycles. The molecular formula is C61H92N2O22. The van der Waals surface area contributed by atoms with Crippen LogP contribution >= 0.6 is 0 Å². The van der Waals surface area contributed by atoms with Crippen LogP contribution in [0.5, 0.6) is 0 Å². The second-order valence-electron chi connectivity index (χ2n) is 26.3. The van der Waals surface area contributed by atoms with Crippen LogP contribution in [0.2, 0.25) is 0 Å². The Morgan fingerprint density at radius 1 is 0.776 bits per heavy atom. The number of methoxy groups -OCH3 is 1. The van der Waals surface area contributed by atoms with Gasteiger partial charge in [-0.25, -0.2) is 20.0 Å². The van der Waals surface area contributed by atoms with Crippen molar-refractivity contribution in [2.45, 2.75) is 250 Å². The van der Waals surface area contributed by atoms with E-state index in [9.17, 15) is 50.3 Å². The molecule has 1 amide bonds. The summed E-state index contributed by atoms with van der Waals surface area (Å²) in [5, 5.41) is 81.6. The monoisotopic (exact) mass is 1200 g/mol. The maximum absolute atomic E-state index is 15.6. The van der Waals surface area contributed by atoms with E-state index in [-0.39, 0.29) is 50.4 Å². The molecule has 5 saturated heterocycles. The molecule has 85 heavy (non-hydrogen) atoms. The van der Waals surface area contributed by atoms with Gasteiger partial charge in [-0.05, 0) is 103 Å². The molecule has 5 aliphatic heterocycles. The Morgan fingerprint density at radius 3 is 2.11 bits per heavy atom. The van der Waals surface area contributed by atoms with Crippen LogP contribution in [0.15, 0.2) is 46.8 Å². The van der Waals surface area contributed by atoms with Gasteiger partial charge in [-0.3, -0.25) is 9.59 Å². The molecule has 5 heterocycles. The maximum atomic E-state index is 15.6. The molecule has 0 radical (unpaired) electrons. The lowest BCUT2D eigenvalue weighted by atomic mass is 9.49. The standard InChI is InChI=1S/C61H92N2O22/c1-27-13-16-42(81-48-25-59(10,63(73)74)54(34(8)79-48)62-58(72)75-12)28(2)20-39-40(66)21-36(26-64)24-61(39)56(70)49(57(71)85-61)55(69)60(11)38(27)15-14-37-50(60)29(3)19-30(4)52(37)84-47-23-44(53(33(7)78-47)80-35(9)65)83-45-18-17-43(31(5)76-45)82-46-22-41(67)51(68)32(6)77-46/h13-15,20,29-34,36-48,50-54,63-64,66-69,73H,16-19,21-26H2,1-12H3,(H,62,72)/b27-13+,28-20-,55-49?/t29-,30-,31-,32-,33-,34+,36+,37-,38-,39?,40-,41+,42-,43+,44+,45-,46+,47-,48-,50+,51-,52-,53-,54-,59-,60+,61-/m0/s1. The summed E-state index contributed by atoms with van der Waals surface area (Å²) in [6.45, 7) is 19.0. The molecular weight excluding hydrogens is 1110 g/mol. The minimum atomic E-state index is -2.04. The van der Waals surface area contributed by atoms with E-state index in [0.29, 0.717) is 24.8 Å². The maximum Gasteiger partial charge on any atom is 0.407 e. The van der Waals surface area contributed by atoms with Crippen LogP contribution in [-0.2, 0) is 66.5 Å². The number of quaternary nitrogens is 1. The van der Waals surface area contributed by atoms with Crippen LogP contribution in [0.1, 0.15) is 134 Å². The second-order valence-corrected chi connectivity index (χ2v) is 26.3. The van der Waals surface area contributed by atoms with Gasteiger partial charge in [-0.2, -0.15) is 0 Å². The minimum Gasteiger partial charge on any atom is -0.600 e. The lowest BCUT2D eigenvalue weighted by molar-refractivity contribution is -1.09. The number of Topliss-reactive ketones (excluding diaryl/α,β-unsaturated/α-hetero) is 1. The SMILES string of the molecule is COC(=O)N[C@H]1[C@@H](C)O[C@@H](O[C@H]2C/C=C(\C)[C@@H]3C=C[C@@H]4[C@@H](O[C@H]5C[C@@H](O[C@H]6CC[C@@H](O[C@@H]7C[C@@H](O)[C@@H](O)[C@H](C)O7)[C@H](C)O6)[C@@H](OC(C)=O)[C@H](C)O5)[C@@H](C)C[C@H](C)[C@H]4[C@]3(C)C(O)=C3C(=O)O[C@]4(C[C@H](CO)C[C@H](O)C4/C=C\2C)C3=O)C[C@]1(C)[NH+]([O-])O. The number of allylic oxidation sites excluding steroid dienone is 3. The quantitative estimate of drug-likeness (QED) is 0.0453. The third kappa shape index (κ3) is 12.7. The number of fused-ring (bicyclic) bond motifs is 4. The molecule has 24 nitrogen and oxygen atoms in total. The summed E-state index contributed by atoms with van der Waals surface area (Å²) in [5.74, 6) is -6.54. The van der Waals surface area contributed by atoms with E-state index in [0.717, 1.165) is 5.57 Å². The zero-order valence-corrected chi connectivity index (χ0v) is 51.0. The van der Waals surface area contributed by atoms with E-state index < -0.39 is 198 Å². The van der Waals surface area contributed by atoms with Crippen molar-refractivity contribution in [1.29, 1.82) is 0 Å². The zero-order valence-electron chi connectivity index (χ0n) is 51.0. The van der Waals surface area contributed by atoms with Crippen molar-refractivity contribution in [3.8, 4) is 0 Å². The molecule has 9 rings (SSSR count). The van der Waals surface area contributed by atoms with Crippen LogP contribution in [0, 0.1) is 52.0 Å². The average Bonchev–Trinajstić information content (AvgIpc) is 1.74. The van der Waals surface area contributed by atoms with Gasteiger partial charge in [0.1, 0.15) is 29.6 Å². The number of hydrogen-bond donors (Lipinski definition) is 8. The van der Waals surface area contributed by atoms with Gasteiger partial charge in [-0.1, -0.05) is 50.6 Å². The number of aliphatic hydroxyl groups is 5. The van der Waals surface area contributed by atoms with Crippen LogP contribution < -0.4 is 10.5 Å². The summed E-state index contributed by atoms with van der Waals surface area (Å²) < 4.78 is 68.9. The van der Waals surface area contributed by atoms with Crippen molar-refractivity contribution in [2.75, 3.05) is 13.7 Å². The summed E-state index contributed by atoms with van der Waals surface area (Å²) in [5.41, 5.74) is -4.29. The number of amides is 1. The molecule has 478 valence electrons. The van der Waals surface area contributed by atoms with Gasteiger partial charge in [0.25, 0.3) is 0 Å². The number of ether oxygens (including phenoxy) is 11.